The fourth-order valence-corrected chi connectivity index (χ4v) is 9.43. The second kappa shape index (κ2) is 9.46. The van der Waals surface area contributed by atoms with Crippen LogP contribution in [-0.4, -0.2) is 42.3 Å². The minimum Gasteiger partial charge on any atom is -0.407 e. The Kier molecular flexibility index (Phi) is 6.77. The average molecular weight is 481 g/mol. The van der Waals surface area contributed by atoms with Gasteiger partial charge < -0.3 is 14.3 Å². The van der Waals surface area contributed by atoms with Crippen molar-refractivity contribution in [1.29, 1.82) is 0 Å². The Labute approximate surface area is 200 Å². The lowest BCUT2D eigenvalue weighted by Gasteiger charge is -2.43. The Hall–Kier alpha value is -2.78. The fourth-order valence-electron chi connectivity index (χ4n) is 4.81. The molecule has 2 N–H and O–H groups in total. The van der Waals surface area contributed by atoms with Gasteiger partial charge in [-0.2, -0.15) is 0 Å². The van der Waals surface area contributed by atoms with Crippen LogP contribution >= 0.6 is 0 Å². The summed E-state index contributed by atoms with van der Waals surface area (Å²) in [6.45, 7) is 8.74. The van der Waals surface area contributed by atoms with Crippen LogP contribution < -0.4 is 21.6 Å². The Balaban J connectivity index is 1.66. The Morgan fingerprint density at radius 1 is 1.06 bits per heavy atom. The topological polar surface area (TPSA) is 93.6 Å². The number of benzene rings is 2. The monoisotopic (exact) mass is 480 g/mol. The van der Waals surface area contributed by atoms with Crippen molar-refractivity contribution in [1.82, 2.24) is 9.55 Å². The van der Waals surface area contributed by atoms with E-state index >= 15 is 0 Å². The first-order chi connectivity index (χ1) is 16.1. The molecule has 0 amide bonds. The lowest BCUT2D eigenvalue weighted by atomic mass is 10.1. The zero-order valence-corrected chi connectivity index (χ0v) is 21.0. The number of H-pyrrole nitrogens is 1. The number of rotatable bonds is 6. The second-order valence-electron chi connectivity index (χ2n) is 9.93. The molecule has 1 aliphatic rings. The van der Waals surface area contributed by atoms with Crippen molar-refractivity contribution in [2.24, 2.45) is 5.92 Å². The molecule has 0 saturated carbocycles. The molecule has 34 heavy (non-hydrogen) atoms. The largest absolute Gasteiger partial charge is 0.407 e. The third kappa shape index (κ3) is 4.34. The van der Waals surface area contributed by atoms with E-state index in [1.54, 1.807) is 6.92 Å². The average Bonchev–Trinajstić information content (AvgIpc) is 3.17. The van der Waals surface area contributed by atoms with Crippen molar-refractivity contribution < 1.29 is 14.3 Å². The third-order valence-electron chi connectivity index (χ3n) is 6.61. The molecule has 1 fully saturated rings. The summed E-state index contributed by atoms with van der Waals surface area (Å²) in [5.41, 5.74) is -0.670. The first-order valence-electron chi connectivity index (χ1n) is 11.5. The number of aromatic nitrogens is 2. The molecule has 1 aliphatic heterocycles. The number of ether oxygens (including phenoxy) is 1. The quantitative estimate of drug-likeness (QED) is 0.526. The molecule has 4 rings (SSSR count). The molecule has 0 spiro atoms. The van der Waals surface area contributed by atoms with Gasteiger partial charge in [0, 0.05) is 24.3 Å². The van der Waals surface area contributed by atoms with Gasteiger partial charge in [0.1, 0.15) is 6.10 Å². The standard InChI is InChI=1S/C26H32N2O5Si/c1-18-15-28(25(31)27-23(18)30)24-22(29)19(16-32-24)17-33-34(26(2,3)4,20-11-7-5-8-12-20)21-13-9-6-10-14-21/h5-15,19,22,24,29H,16-17H2,1-4H3,(H,27,30,31)/t19-,22-,24-/m1/s1. The van der Waals surface area contributed by atoms with E-state index in [0.717, 1.165) is 10.4 Å². The van der Waals surface area contributed by atoms with E-state index in [0.29, 0.717) is 5.56 Å². The predicted molar refractivity (Wildman–Crippen MR) is 134 cm³/mol. The van der Waals surface area contributed by atoms with Crippen LogP contribution in [0.25, 0.3) is 0 Å². The molecule has 0 bridgehead atoms. The van der Waals surface area contributed by atoms with Crippen LogP contribution in [0.4, 0.5) is 0 Å². The van der Waals surface area contributed by atoms with E-state index in [4.69, 9.17) is 9.16 Å². The Bertz CT molecular complexity index is 1190. The summed E-state index contributed by atoms with van der Waals surface area (Å²) in [5.74, 6) is -0.328. The molecule has 0 unspecified atom stereocenters. The Morgan fingerprint density at radius 3 is 2.15 bits per heavy atom. The molecule has 0 aliphatic carbocycles. The van der Waals surface area contributed by atoms with Gasteiger partial charge in [0.25, 0.3) is 13.9 Å². The molecule has 7 nitrogen and oxygen atoms in total. The summed E-state index contributed by atoms with van der Waals surface area (Å²) >= 11 is 0. The van der Waals surface area contributed by atoms with Gasteiger partial charge in [-0.3, -0.25) is 14.3 Å². The summed E-state index contributed by atoms with van der Waals surface area (Å²) in [5, 5.41) is 13.2. The molecular formula is C26H32N2O5Si. The molecule has 180 valence electrons. The number of aliphatic hydroxyl groups is 1. The summed E-state index contributed by atoms with van der Waals surface area (Å²) < 4.78 is 14.0. The van der Waals surface area contributed by atoms with E-state index in [-0.39, 0.29) is 24.2 Å². The summed E-state index contributed by atoms with van der Waals surface area (Å²) in [7, 11) is -2.76. The molecule has 2 aromatic carbocycles. The van der Waals surface area contributed by atoms with Gasteiger partial charge in [0.2, 0.25) is 0 Å². The van der Waals surface area contributed by atoms with Gasteiger partial charge in [0.15, 0.2) is 6.23 Å². The van der Waals surface area contributed by atoms with Crippen LogP contribution in [0.2, 0.25) is 5.04 Å². The minimum atomic E-state index is -2.76. The molecule has 3 aromatic rings. The highest BCUT2D eigenvalue weighted by Gasteiger charge is 2.51. The van der Waals surface area contributed by atoms with E-state index in [9.17, 15) is 14.7 Å². The van der Waals surface area contributed by atoms with E-state index in [1.807, 2.05) is 36.4 Å². The number of aryl methyl sites for hydroxylation is 1. The molecule has 2 heterocycles. The van der Waals surface area contributed by atoms with Gasteiger partial charge in [-0.25, -0.2) is 4.79 Å². The van der Waals surface area contributed by atoms with E-state index in [2.05, 4.69) is 50.0 Å². The number of aromatic amines is 1. The van der Waals surface area contributed by atoms with Crippen molar-refractivity contribution >= 4 is 18.7 Å². The number of hydrogen-bond acceptors (Lipinski definition) is 5. The highest BCUT2D eigenvalue weighted by atomic mass is 28.4. The van der Waals surface area contributed by atoms with Gasteiger partial charge in [-0.05, 0) is 22.3 Å². The maximum absolute atomic E-state index is 12.3. The molecule has 8 heteroatoms. The summed E-state index contributed by atoms with van der Waals surface area (Å²) in [4.78, 5) is 26.4. The second-order valence-corrected chi connectivity index (χ2v) is 14.2. The number of nitrogens with one attached hydrogen (secondary N) is 1. The zero-order chi connectivity index (χ0) is 24.5. The molecule has 1 saturated heterocycles. The normalized spacial score (nSPS) is 21.0. The number of nitrogens with zero attached hydrogens (tertiary/aromatic N) is 1. The highest BCUT2D eigenvalue weighted by molar-refractivity contribution is 6.99. The molecule has 3 atom stereocenters. The van der Waals surface area contributed by atoms with Gasteiger partial charge in [-0.15, -0.1) is 0 Å². The first kappa shape index (κ1) is 24.3. The van der Waals surface area contributed by atoms with Crippen LogP contribution in [0.15, 0.2) is 76.4 Å². The molecular weight excluding hydrogens is 448 g/mol. The van der Waals surface area contributed by atoms with Crippen molar-refractivity contribution in [3.8, 4) is 0 Å². The van der Waals surface area contributed by atoms with Crippen LogP contribution in [0.3, 0.4) is 0 Å². The van der Waals surface area contributed by atoms with E-state index in [1.165, 1.54) is 10.8 Å². The smallest absolute Gasteiger partial charge is 0.330 e. The first-order valence-corrected chi connectivity index (χ1v) is 13.4. The number of aliphatic hydroxyl groups excluding tert-OH is 1. The number of hydrogen-bond donors (Lipinski definition) is 2. The molecule has 0 radical (unpaired) electrons. The Morgan fingerprint density at radius 2 is 1.62 bits per heavy atom. The zero-order valence-electron chi connectivity index (χ0n) is 20.0. The van der Waals surface area contributed by atoms with Crippen molar-refractivity contribution in [3.05, 3.63) is 93.3 Å². The van der Waals surface area contributed by atoms with E-state index < -0.39 is 31.9 Å². The molecule has 1 aromatic heterocycles. The van der Waals surface area contributed by atoms with Gasteiger partial charge in [0.05, 0.1) is 6.61 Å². The van der Waals surface area contributed by atoms with Crippen molar-refractivity contribution in [3.63, 3.8) is 0 Å². The lowest BCUT2D eigenvalue weighted by Crippen LogP contribution is -2.67. The third-order valence-corrected chi connectivity index (χ3v) is 11.6. The summed E-state index contributed by atoms with van der Waals surface area (Å²) in [6.07, 6.45) is -0.405. The van der Waals surface area contributed by atoms with Crippen molar-refractivity contribution in [2.45, 2.75) is 45.1 Å². The maximum atomic E-state index is 12.3. The summed E-state index contributed by atoms with van der Waals surface area (Å²) in [6, 6.07) is 20.6. The fraction of sp³-hybridized carbons (Fsp3) is 0.385. The van der Waals surface area contributed by atoms with Gasteiger partial charge in [-0.1, -0.05) is 81.4 Å². The highest BCUT2D eigenvalue weighted by Crippen LogP contribution is 2.38. The predicted octanol–water partition coefficient (Wildman–Crippen LogP) is 1.93. The van der Waals surface area contributed by atoms with Crippen LogP contribution in [0.5, 0.6) is 0 Å². The van der Waals surface area contributed by atoms with Crippen LogP contribution in [-0.2, 0) is 9.16 Å². The lowest BCUT2D eigenvalue weighted by molar-refractivity contribution is -0.0160. The van der Waals surface area contributed by atoms with Gasteiger partial charge >= 0.3 is 5.69 Å². The van der Waals surface area contributed by atoms with Crippen molar-refractivity contribution in [2.75, 3.05) is 13.2 Å². The minimum absolute atomic E-state index is 0.188. The van der Waals surface area contributed by atoms with Crippen LogP contribution in [0, 0.1) is 12.8 Å². The SMILES string of the molecule is Cc1cn([C@@H]2OC[C@H](CO[Si](c3ccccc3)(c3ccccc3)C(C)(C)C)[C@H]2O)c(=O)[nH]c1=O. The maximum Gasteiger partial charge on any atom is 0.330 e. The van der Waals surface area contributed by atoms with Crippen LogP contribution in [0.1, 0.15) is 32.6 Å².